The van der Waals surface area contributed by atoms with E-state index in [1.54, 1.807) is 0 Å². The molecule has 0 unspecified atom stereocenters. The first-order valence-corrected chi connectivity index (χ1v) is 9.29. The zero-order valence-corrected chi connectivity index (χ0v) is 15.9. The molecule has 1 aliphatic rings. The number of aryl methyl sites for hydroxylation is 1. The fraction of sp³-hybridized carbons (Fsp3) is 0.500. The van der Waals surface area contributed by atoms with Gasteiger partial charge in [-0.05, 0) is 45.0 Å². The summed E-state index contributed by atoms with van der Waals surface area (Å²) >= 11 is 0. The molecule has 1 saturated heterocycles. The molecule has 6 nitrogen and oxygen atoms in total. The van der Waals surface area contributed by atoms with Crippen LogP contribution in [0.25, 0.3) is 0 Å². The van der Waals surface area contributed by atoms with E-state index >= 15 is 0 Å². The molecule has 0 bridgehead atoms. The zero-order chi connectivity index (χ0) is 18.5. The van der Waals surface area contributed by atoms with E-state index < -0.39 is 0 Å². The van der Waals surface area contributed by atoms with Crippen molar-refractivity contribution in [2.45, 2.75) is 33.4 Å². The van der Waals surface area contributed by atoms with E-state index in [0.717, 1.165) is 56.4 Å². The molecule has 0 saturated carbocycles. The number of aromatic nitrogens is 2. The van der Waals surface area contributed by atoms with Crippen molar-refractivity contribution >= 4 is 5.91 Å². The smallest absolute Gasteiger partial charge is 0.253 e. The summed E-state index contributed by atoms with van der Waals surface area (Å²) in [6, 6.07) is 7.45. The molecular weight excluding hydrogens is 328 g/mol. The summed E-state index contributed by atoms with van der Waals surface area (Å²) in [5.74, 6) is 1.95. The van der Waals surface area contributed by atoms with Crippen LogP contribution in [0.15, 0.2) is 36.7 Å². The Hall–Kier alpha value is -2.34. The van der Waals surface area contributed by atoms with Crippen LogP contribution in [0, 0.1) is 6.92 Å². The summed E-state index contributed by atoms with van der Waals surface area (Å²) in [5, 5.41) is 0. The average molecular weight is 356 g/mol. The van der Waals surface area contributed by atoms with Crippen LogP contribution >= 0.6 is 0 Å². The lowest BCUT2D eigenvalue weighted by atomic mass is 10.1. The van der Waals surface area contributed by atoms with Crippen LogP contribution in [-0.2, 0) is 6.54 Å². The van der Waals surface area contributed by atoms with Crippen molar-refractivity contribution in [1.29, 1.82) is 0 Å². The minimum absolute atomic E-state index is 0.103. The summed E-state index contributed by atoms with van der Waals surface area (Å²) in [6.07, 6.45) is 3.99. The Kier molecular flexibility index (Phi) is 5.93. The van der Waals surface area contributed by atoms with Gasteiger partial charge in [-0.3, -0.25) is 9.69 Å². The van der Waals surface area contributed by atoms with Crippen molar-refractivity contribution in [2.24, 2.45) is 0 Å². The van der Waals surface area contributed by atoms with Gasteiger partial charge in [0.25, 0.3) is 5.91 Å². The second-order valence-electron chi connectivity index (χ2n) is 6.99. The number of hydrogen-bond donors (Lipinski definition) is 0. The average Bonchev–Trinajstić information content (AvgIpc) is 3.05. The van der Waals surface area contributed by atoms with Crippen molar-refractivity contribution in [3.05, 3.63) is 48.0 Å². The molecule has 1 fully saturated rings. The van der Waals surface area contributed by atoms with Crippen molar-refractivity contribution in [2.75, 3.05) is 32.7 Å². The molecule has 2 aromatic rings. The largest absolute Gasteiger partial charge is 0.491 e. The summed E-state index contributed by atoms with van der Waals surface area (Å²) < 4.78 is 7.80. The highest BCUT2D eigenvalue weighted by Gasteiger charge is 2.22. The Morgan fingerprint density at radius 1 is 1.12 bits per heavy atom. The number of ether oxygens (including phenoxy) is 1. The molecule has 0 radical (unpaired) electrons. The standard InChI is InChI=1S/C20H28N4O2/c1-16(2)26-19-6-4-18(5-7-19)20(25)24-14-11-22(12-15-24)10-13-23-9-8-21-17(23)3/h4-9,16H,10-15H2,1-3H3. The SMILES string of the molecule is Cc1nccn1CCN1CCN(C(=O)c2ccc(OC(C)C)cc2)CC1. The van der Waals surface area contributed by atoms with Crippen LogP contribution in [0.1, 0.15) is 30.0 Å². The lowest BCUT2D eigenvalue weighted by Crippen LogP contribution is -2.49. The van der Waals surface area contributed by atoms with Crippen molar-refractivity contribution in [3.63, 3.8) is 0 Å². The number of carbonyl (C=O) groups is 1. The summed E-state index contributed by atoms with van der Waals surface area (Å²) in [4.78, 5) is 21.3. The third-order valence-corrected chi connectivity index (χ3v) is 4.71. The Morgan fingerprint density at radius 3 is 2.38 bits per heavy atom. The lowest BCUT2D eigenvalue weighted by molar-refractivity contribution is 0.0633. The second-order valence-corrected chi connectivity index (χ2v) is 6.99. The number of carbonyl (C=O) groups excluding carboxylic acids is 1. The molecule has 1 aliphatic heterocycles. The summed E-state index contributed by atoms with van der Waals surface area (Å²) in [7, 11) is 0. The number of rotatable bonds is 6. The minimum Gasteiger partial charge on any atom is -0.491 e. The van der Waals surface area contributed by atoms with Crippen molar-refractivity contribution in [1.82, 2.24) is 19.4 Å². The summed E-state index contributed by atoms with van der Waals surface area (Å²) in [6.45, 7) is 11.3. The molecule has 0 N–H and O–H groups in total. The minimum atomic E-state index is 0.103. The highest BCUT2D eigenvalue weighted by molar-refractivity contribution is 5.94. The Labute approximate surface area is 155 Å². The van der Waals surface area contributed by atoms with Gasteiger partial charge in [0, 0.05) is 57.2 Å². The van der Waals surface area contributed by atoms with Gasteiger partial charge in [-0.1, -0.05) is 0 Å². The van der Waals surface area contributed by atoms with Gasteiger partial charge in [-0.25, -0.2) is 4.98 Å². The van der Waals surface area contributed by atoms with Crippen LogP contribution in [0.2, 0.25) is 0 Å². The number of piperazine rings is 1. The zero-order valence-electron chi connectivity index (χ0n) is 15.9. The normalized spacial score (nSPS) is 15.5. The van der Waals surface area contributed by atoms with Crippen LogP contribution in [0.3, 0.4) is 0 Å². The highest BCUT2D eigenvalue weighted by Crippen LogP contribution is 2.16. The van der Waals surface area contributed by atoms with Crippen LogP contribution < -0.4 is 4.74 Å². The predicted molar refractivity (Wildman–Crippen MR) is 102 cm³/mol. The van der Waals surface area contributed by atoms with E-state index in [1.165, 1.54) is 0 Å². The maximum atomic E-state index is 12.7. The van der Waals surface area contributed by atoms with Crippen molar-refractivity contribution in [3.8, 4) is 5.75 Å². The quantitative estimate of drug-likeness (QED) is 0.798. The third kappa shape index (κ3) is 4.64. The molecule has 1 aromatic heterocycles. The Balaban J connectivity index is 1.48. The number of imidazole rings is 1. The highest BCUT2D eigenvalue weighted by atomic mass is 16.5. The number of hydrogen-bond acceptors (Lipinski definition) is 4. The Morgan fingerprint density at radius 2 is 1.81 bits per heavy atom. The van der Waals surface area contributed by atoms with Crippen LogP contribution in [0.5, 0.6) is 5.75 Å². The number of amides is 1. The maximum absolute atomic E-state index is 12.7. The van der Waals surface area contributed by atoms with Gasteiger partial charge in [0.1, 0.15) is 11.6 Å². The van der Waals surface area contributed by atoms with E-state index in [2.05, 4.69) is 14.5 Å². The van der Waals surface area contributed by atoms with Crippen molar-refractivity contribution < 1.29 is 9.53 Å². The molecule has 6 heteroatoms. The molecule has 1 aromatic carbocycles. The van der Waals surface area contributed by atoms with Crippen LogP contribution in [-0.4, -0.2) is 64.1 Å². The molecule has 0 aliphatic carbocycles. The van der Waals surface area contributed by atoms with E-state index in [9.17, 15) is 4.79 Å². The van der Waals surface area contributed by atoms with Crippen LogP contribution in [0.4, 0.5) is 0 Å². The molecule has 2 heterocycles. The van der Waals surface area contributed by atoms with Gasteiger partial charge in [0.2, 0.25) is 0 Å². The van der Waals surface area contributed by atoms with E-state index in [1.807, 2.05) is 62.3 Å². The molecule has 3 rings (SSSR count). The molecule has 140 valence electrons. The van der Waals surface area contributed by atoms with Gasteiger partial charge in [-0.2, -0.15) is 0 Å². The van der Waals surface area contributed by atoms with Gasteiger partial charge >= 0.3 is 0 Å². The van der Waals surface area contributed by atoms with E-state index in [0.29, 0.717) is 0 Å². The molecule has 1 amide bonds. The van der Waals surface area contributed by atoms with E-state index in [4.69, 9.17) is 4.74 Å². The first-order chi connectivity index (χ1) is 12.5. The van der Waals surface area contributed by atoms with Gasteiger partial charge in [0.05, 0.1) is 6.10 Å². The molecule has 26 heavy (non-hydrogen) atoms. The first kappa shape index (κ1) is 18.5. The van der Waals surface area contributed by atoms with E-state index in [-0.39, 0.29) is 12.0 Å². The summed E-state index contributed by atoms with van der Waals surface area (Å²) in [5.41, 5.74) is 0.726. The molecule has 0 spiro atoms. The number of benzene rings is 1. The van der Waals surface area contributed by atoms with Gasteiger partial charge < -0.3 is 14.2 Å². The fourth-order valence-electron chi connectivity index (χ4n) is 3.19. The predicted octanol–water partition coefficient (Wildman–Crippen LogP) is 2.44. The topological polar surface area (TPSA) is 50.6 Å². The fourth-order valence-corrected chi connectivity index (χ4v) is 3.19. The third-order valence-electron chi connectivity index (χ3n) is 4.71. The first-order valence-electron chi connectivity index (χ1n) is 9.29. The number of nitrogens with zero attached hydrogens (tertiary/aromatic N) is 4. The van der Waals surface area contributed by atoms with Gasteiger partial charge in [0.15, 0.2) is 0 Å². The Bertz CT molecular complexity index is 716. The second kappa shape index (κ2) is 8.36. The molecule has 0 atom stereocenters. The lowest BCUT2D eigenvalue weighted by Gasteiger charge is -2.34. The van der Waals surface area contributed by atoms with Gasteiger partial charge in [-0.15, -0.1) is 0 Å². The maximum Gasteiger partial charge on any atom is 0.253 e. The monoisotopic (exact) mass is 356 g/mol. The molecular formula is C20H28N4O2.